The Morgan fingerprint density at radius 3 is 2.64 bits per heavy atom. The molecular formula is C15H16N2O4S. The molecule has 0 radical (unpaired) electrons. The molecule has 0 aromatic carbocycles. The minimum atomic E-state index is -1.17. The number of hydrogen-bond acceptors (Lipinski definition) is 5. The van der Waals surface area contributed by atoms with Gasteiger partial charge in [0.2, 0.25) is 0 Å². The van der Waals surface area contributed by atoms with Crippen LogP contribution < -0.4 is 5.32 Å². The zero-order valence-corrected chi connectivity index (χ0v) is 13.0. The Bertz CT molecular complexity index is 696. The van der Waals surface area contributed by atoms with Gasteiger partial charge < -0.3 is 15.5 Å². The summed E-state index contributed by atoms with van der Waals surface area (Å²) in [6, 6.07) is 4.49. The summed E-state index contributed by atoms with van der Waals surface area (Å²) >= 11 is 1.46. The molecule has 116 valence electrons. The summed E-state index contributed by atoms with van der Waals surface area (Å²) < 4.78 is 0. The maximum Gasteiger partial charge on any atom is 0.337 e. The maximum absolute atomic E-state index is 12.1. The molecule has 0 aliphatic carbocycles. The van der Waals surface area contributed by atoms with E-state index in [2.05, 4.69) is 10.3 Å². The number of pyridine rings is 1. The van der Waals surface area contributed by atoms with Crippen molar-refractivity contribution in [3.8, 4) is 0 Å². The molecule has 1 amide bonds. The van der Waals surface area contributed by atoms with Crippen molar-refractivity contribution in [2.75, 3.05) is 6.54 Å². The van der Waals surface area contributed by atoms with E-state index >= 15 is 0 Å². The van der Waals surface area contributed by atoms with E-state index in [1.165, 1.54) is 30.4 Å². The van der Waals surface area contributed by atoms with E-state index in [0.29, 0.717) is 0 Å². The second-order valence-corrected chi connectivity index (χ2v) is 5.88. The van der Waals surface area contributed by atoms with E-state index in [9.17, 15) is 14.7 Å². The molecule has 3 N–H and O–H groups in total. The van der Waals surface area contributed by atoms with Gasteiger partial charge in [-0.15, -0.1) is 0 Å². The van der Waals surface area contributed by atoms with Gasteiger partial charge in [0.05, 0.1) is 17.8 Å². The Morgan fingerprint density at radius 2 is 2.09 bits per heavy atom. The summed E-state index contributed by atoms with van der Waals surface area (Å²) in [5, 5.41) is 25.5. The predicted octanol–water partition coefficient (Wildman–Crippen LogP) is 1.79. The Kier molecular flexibility index (Phi) is 4.58. The third-order valence-corrected chi connectivity index (χ3v) is 3.97. The number of carbonyl (C=O) groups is 2. The quantitative estimate of drug-likeness (QED) is 0.780. The van der Waals surface area contributed by atoms with Crippen LogP contribution in [-0.4, -0.2) is 33.6 Å². The second kappa shape index (κ2) is 6.25. The van der Waals surface area contributed by atoms with Gasteiger partial charge in [-0.25, -0.2) is 9.78 Å². The fourth-order valence-corrected chi connectivity index (χ4v) is 2.71. The van der Waals surface area contributed by atoms with Gasteiger partial charge in [0.15, 0.2) is 0 Å². The van der Waals surface area contributed by atoms with Crippen molar-refractivity contribution >= 4 is 23.2 Å². The summed E-state index contributed by atoms with van der Waals surface area (Å²) in [4.78, 5) is 27.0. The van der Waals surface area contributed by atoms with E-state index in [-0.39, 0.29) is 23.5 Å². The first-order valence-corrected chi connectivity index (χ1v) is 7.50. The number of thiophene rings is 1. The standard InChI is InChI=1S/C15H16N2O4S/c1-9-11(14(19)20)3-4-12(17-9)13(18)16-8-15(2,21)10-5-6-22-7-10/h3-7,21H,8H2,1-2H3,(H,16,18)(H,19,20). The molecule has 1 atom stereocenters. The normalized spacial score (nSPS) is 13.4. The highest BCUT2D eigenvalue weighted by Gasteiger charge is 2.24. The molecule has 2 heterocycles. The SMILES string of the molecule is Cc1nc(C(=O)NCC(C)(O)c2ccsc2)ccc1C(=O)O. The summed E-state index contributed by atoms with van der Waals surface area (Å²) in [6.07, 6.45) is 0. The van der Waals surface area contributed by atoms with Crippen LogP contribution in [-0.2, 0) is 5.60 Å². The van der Waals surface area contributed by atoms with E-state index in [1.807, 2.05) is 10.8 Å². The maximum atomic E-state index is 12.1. The van der Waals surface area contributed by atoms with Crippen LogP contribution in [0.5, 0.6) is 0 Å². The monoisotopic (exact) mass is 320 g/mol. The molecule has 22 heavy (non-hydrogen) atoms. The molecule has 6 nitrogen and oxygen atoms in total. The minimum Gasteiger partial charge on any atom is -0.478 e. The molecule has 0 fully saturated rings. The number of hydrogen-bond donors (Lipinski definition) is 3. The van der Waals surface area contributed by atoms with E-state index in [1.54, 1.807) is 13.0 Å². The average Bonchev–Trinajstić information content (AvgIpc) is 2.99. The fourth-order valence-electron chi connectivity index (χ4n) is 1.93. The highest BCUT2D eigenvalue weighted by Crippen LogP contribution is 2.22. The summed E-state index contributed by atoms with van der Waals surface area (Å²) in [5.41, 5.74) is -0.00975. The smallest absolute Gasteiger partial charge is 0.337 e. The summed E-state index contributed by atoms with van der Waals surface area (Å²) in [5.74, 6) is -1.55. The molecule has 2 aromatic rings. The zero-order chi connectivity index (χ0) is 16.3. The number of aliphatic hydroxyl groups is 1. The van der Waals surface area contributed by atoms with Gasteiger partial charge in [-0.05, 0) is 48.4 Å². The molecule has 2 rings (SSSR count). The molecule has 0 saturated carbocycles. The van der Waals surface area contributed by atoms with Gasteiger partial charge >= 0.3 is 5.97 Å². The van der Waals surface area contributed by atoms with Crippen molar-refractivity contribution in [2.45, 2.75) is 19.4 Å². The summed E-state index contributed by atoms with van der Waals surface area (Å²) in [7, 11) is 0. The number of amides is 1. The Morgan fingerprint density at radius 1 is 1.36 bits per heavy atom. The average molecular weight is 320 g/mol. The van der Waals surface area contributed by atoms with Crippen molar-refractivity contribution in [3.63, 3.8) is 0 Å². The van der Waals surface area contributed by atoms with Gasteiger partial charge in [-0.3, -0.25) is 4.79 Å². The van der Waals surface area contributed by atoms with E-state index < -0.39 is 17.5 Å². The van der Waals surface area contributed by atoms with Gasteiger partial charge in [0.1, 0.15) is 11.3 Å². The second-order valence-electron chi connectivity index (χ2n) is 5.10. The Hall–Kier alpha value is -2.25. The van der Waals surface area contributed by atoms with Crippen LogP contribution in [0.1, 0.15) is 39.0 Å². The van der Waals surface area contributed by atoms with Crippen LogP contribution in [0.25, 0.3) is 0 Å². The lowest BCUT2D eigenvalue weighted by Crippen LogP contribution is -2.38. The molecule has 0 aliphatic heterocycles. The van der Waals surface area contributed by atoms with Crippen LogP contribution in [0.3, 0.4) is 0 Å². The predicted molar refractivity (Wildman–Crippen MR) is 82.2 cm³/mol. The van der Waals surface area contributed by atoms with Crippen LogP contribution in [0.4, 0.5) is 0 Å². The van der Waals surface area contributed by atoms with Crippen LogP contribution in [0.2, 0.25) is 0 Å². The highest BCUT2D eigenvalue weighted by molar-refractivity contribution is 7.08. The first kappa shape index (κ1) is 16.1. The van der Waals surface area contributed by atoms with Crippen molar-refractivity contribution in [1.82, 2.24) is 10.3 Å². The lowest BCUT2D eigenvalue weighted by molar-refractivity contribution is 0.0528. The van der Waals surface area contributed by atoms with Crippen LogP contribution >= 0.6 is 11.3 Å². The topological polar surface area (TPSA) is 99.5 Å². The third-order valence-electron chi connectivity index (χ3n) is 3.29. The van der Waals surface area contributed by atoms with Gasteiger partial charge in [0, 0.05) is 0 Å². The van der Waals surface area contributed by atoms with Crippen molar-refractivity contribution < 1.29 is 19.8 Å². The Balaban J connectivity index is 2.07. The van der Waals surface area contributed by atoms with E-state index in [4.69, 9.17) is 5.11 Å². The summed E-state index contributed by atoms with van der Waals surface area (Å²) in [6.45, 7) is 3.17. The number of nitrogens with zero attached hydrogens (tertiary/aromatic N) is 1. The van der Waals surface area contributed by atoms with Crippen molar-refractivity contribution in [3.05, 3.63) is 51.5 Å². The number of nitrogens with one attached hydrogen (secondary N) is 1. The van der Waals surface area contributed by atoms with Gasteiger partial charge in [-0.2, -0.15) is 11.3 Å². The van der Waals surface area contributed by atoms with Gasteiger partial charge in [-0.1, -0.05) is 0 Å². The van der Waals surface area contributed by atoms with Gasteiger partial charge in [0.25, 0.3) is 5.91 Å². The van der Waals surface area contributed by atoms with Crippen molar-refractivity contribution in [2.24, 2.45) is 0 Å². The number of carboxylic acids is 1. The number of aryl methyl sites for hydroxylation is 1. The molecule has 2 aromatic heterocycles. The number of aromatic nitrogens is 1. The molecule has 0 aliphatic rings. The molecule has 1 unspecified atom stereocenters. The molecule has 0 bridgehead atoms. The lowest BCUT2D eigenvalue weighted by Gasteiger charge is -2.22. The molecule has 7 heteroatoms. The van der Waals surface area contributed by atoms with E-state index in [0.717, 1.165) is 5.56 Å². The number of rotatable bonds is 5. The zero-order valence-electron chi connectivity index (χ0n) is 12.2. The lowest BCUT2D eigenvalue weighted by atomic mass is 9.99. The number of carbonyl (C=O) groups excluding carboxylic acids is 1. The molecule has 0 spiro atoms. The largest absolute Gasteiger partial charge is 0.478 e. The van der Waals surface area contributed by atoms with Crippen LogP contribution in [0, 0.1) is 6.92 Å². The molecular weight excluding hydrogens is 304 g/mol. The highest BCUT2D eigenvalue weighted by atomic mass is 32.1. The minimum absolute atomic E-state index is 0.0317. The third kappa shape index (κ3) is 3.49. The Labute approximate surface area is 131 Å². The first-order chi connectivity index (χ1) is 10.3. The number of carboxylic acid groups (broad SMARTS) is 1. The first-order valence-electron chi connectivity index (χ1n) is 6.55. The number of aromatic carboxylic acids is 1. The fraction of sp³-hybridized carbons (Fsp3) is 0.267. The van der Waals surface area contributed by atoms with Crippen LogP contribution in [0.15, 0.2) is 29.0 Å². The molecule has 0 saturated heterocycles. The van der Waals surface area contributed by atoms with Crippen molar-refractivity contribution in [1.29, 1.82) is 0 Å².